The van der Waals surface area contributed by atoms with Crippen LogP contribution in [-0.2, 0) is 11.2 Å². The van der Waals surface area contributed by atoms with E-state index in [1.54, 1.807) is 11.3 Å². The molecule has 1 saturated heterocycles. The summed E-state index contributed by atoms with van der Waals surface area (Å²) in [4.78, 5) is 23.1. The molecule has 1 fully saturated rings. The van der Waals surface area contributed by atoms with Crippen molar-refractivity contribution >= 4 is 27.9 Å². The van der Waals surface area contributed by atoms with Gasteiger partial charge < -0.3 is 14.5 Å². The van der Waals surface area contributed by atoms with Crippen molar-refractivity contribution in [2.24, 2.45) is 0 Å². The van der Waals surface area contributed by atoms with Gasteiger partial charge >= 0.3 is 0 Å². The van der Waals surface area contributed by atoms with Crippen molar-refractivity contribution in [3.05, 3.63) is 71.4 Å². The first-order valence-electron chi connectivity index (χ1n) is 11.4. The number of rotatable bonds is 6. The summed E-state index contributed by atoms with van der Waals surface area (Å²) in [5.74, 6) is 1.03. The summed E-state index contributed by atoms with van der Waals surface area (Å²) in [7, 11) is 0. The maximum atomic E-state index is 13.0. The molecule has 4 aromatic rings. The van der Waals surface area contributed by atoms with Crippen molar-refractivity contribution in [3.63, 3.8) is 0 Å². The number of benzene rings is 2. The molecule has 0 radical (unpaired) electrons. The average molecular weight is 461 g/mol. The maximum Gasteiger partial charge on any atom is 0.228 e. The van der Waals surface area contributed by atoms with E-state index >= 15 is 0 Å². The molecule has 0 unspecified atom stereocenters. The molecule has 1 aliphatic heterocycles. The van der Waals surface area contributed by atoms with Crippen LogP contribution >= 0.6 is 11.3 Å². The van der Waals surface area contributed by atoms with Crippen LogP contribution < -0.4 is 9.64 Å². The molecular formula is C26H28N4O2S. The van der Waals surface area contributed by atoms with Crippen LogP contribution in [0.5, 0.6) is 5.75 Å². The number of fused-ring (bicyclic) bond motifs is 1. The van der Waals surface area contributed by atoms with Crippen LogP contribution in [0.1, 0.15) is 18.2 Å². The summed E-state index contributed by atoms with van der Waals surface area (Å²) in [6.45, 7) is 7.97. The second kappa shape index (κ2) is 9.27. The summed E-state index contributed by atoms with van der Waals surface area (Å²) in [5, 5.41) is 2.05. The average Bonchev–Trinajstić information content (AvgIpc) is 3.42. The monoisotopic (exact) mass is 460 g/mol. The number of nitrogens with zero attached hydrogens (tertiary/aromatic N) is 4. The van der Waals surface area contributed by atoms with Crippen LogP contribution in [0.25, 0.3) is 16.2 Å². The van der Waals surface area contributed by atoms with Gasteiger partial charge in [0.2, 0.25) is 5.91 Å². The summed E-state index contributed by atoms with van der Waals surface area (Å²) >= 11 is 1.58. The zero-order valence-corrected chi connectivity index (χ0v) is 19.8. The third-order valence-electron chi connectivity index (χ3n) is 6.08. The van der Waals surface area contributed by atoms with Crippen LogP contribution in [0.4, 0.5) is 5.69 Å². The Bertz CT molecular complexity index is 1250. The van der Waals surface area contributed by atoms with Gasteiger partial charge in [0.05, 0.1) is 18.7 Å². The van der Waals surface area contributed by atoms with Gasteiger partial charge in [0.25, 0.3) is 0 Å². The summed E-state index contributed by atoms with van der Waals surface area (Å²) in [5.41, 5.74) is 5.44. The number of piperazine rings is 1. The Morgan fingerprint density at radius 3 is 2.61 bits per heavy atom. The number of carbonyl (C=O) groups excluding carboxylic acids is 1. The molecule has 5 rings (SSSR count). The number of amides is 1. The molecule has 3 heterocycles. The lowest BCUT2D eigenvalue weighted by Gasteiger charge is -2.36. The van der Waals surface area contributed by atoms with Crippen LogP contribution in [0.3, 0.4) is 0 Å². The van der Waals surface area contributed by atoms with E-state index in [-0.39, 0.29) is 5.91 Å². The van der Waals surface area contributed by atoms with Gasteiger partial charge in [0.15, 0.2) is 4.96 Å². The smallest absolute Gasteiger partial charge is 0.228 e. The standard InChI is InChI=1S/C26H28N4O2S/c1-3-32-23-9-7-20(8-10-23)24-17-30-22(18-33-26(30)27-24)16-25(31)29-13-11-28(12-14-29)21-6-4-5-19(2)15-21/h4-10,15,17-18H,3,11-14,16H2,1-2H3. The molecule has 170 valence electrons. The summed E-state index contributed by atoms with van der Waals surface area (Å²) < 4.78 is 7.58. The fourth-order valence-corrected chi connectivity index (χ4v) is 5.16. The third-order valence-corrected chi connectivity index (χ3v) is 6.96. The number of aryl methyl sites for hydroxylation is 1. The topological polar surface area (TPSA) is 50.1 Å². The Labute approximate surface area is 198 Å². The van der Waals surface area contributed by atoms with E-state index in [0.29, 0.717) is 13.0 Å². The lowest BCUT2D eigenvalue weighted by molar-refractivity contribution is -0.130. The molecule has 0 aliphatic carbocycles. The second-order valence-electron chi connectivity index (χ2n) is 8.35. The number of carbonyl (C=O) groups is 1. The Balaban J connectivity index is 1.24. The lowest BCUT2D eigenvalue weighted by atomic mass is 10.1. The van der Waals surface area contributed by atoms with Crippen molar-refractivity contribution in [1.29, 1.82) is 0 Å². The normalized spacial score (nSPS) is 14.1. The molecule has 7 heteroatoms. The Hall–Kier alpha value is -3.32. The molecular weight excluding hydrogens is 432 g/mol. The van der Waals surface area contributed by atoms with Crippen molar-refractivity contribution in [2.75, 3.05) is 37.7 Å². The van der Waals surface area contributed by atoms with Crippen LogP contribution in [0, 0.1) is 6.92 Å². The van der Waals surface area contributed by atoms with E-state index in [0.717, 1.165) is 53.8 Å². The van der Waals surface area contributed by atoms with E-state index < -0.39 is 0 Å². The first-order valence-corrected chi connectivity index (χ1v) is 12.3. The van der Waals surface area contributed by atoms with E-state index in [4.69, 9.17) is 9.72 Å². The SMILES string of the molecule is CCOc1ccc(-c2cn3c(CC(=O)N4CCN(c5cccc(C)c5)CC4)csc3n2)cc1. The van der Waals surface area contributed by atoms with Gasteiger partial charge in [0.1, 0.15) is 5.75 Å². The van der Waals surface area contributed by atoms with Gasteiger partial charge in [-0.3, -0.25) is 9.20 Å². The molecule has 0 bridgehead atoms. The van der Waals surface area contributed by atoms with E-state index in [2.05, 4.69) is 40.5 Å². The maximum absolute atomic E-state index is 13.0. The molecule has 6 nitrogen and oxygen atoms in total. The number of thiazole rings is 1. The van der Waals surface area contributed by atoms with Crippen LogP contribution in [0.2, 0.25) is 0 Å². The predicted molar refractivity (Wildman–Crippen MR) is 133 cm³/mol. The van der Waals surface area contributed by atoms with E-state index in [1.165, 1.54) is 11.3 Å². The minimum atomic E-state index is 0.176. The van der Waals surface area contributed by atoms with Crippen LogP contribution in [-0.4, -0.2) is 53.0 Å². The molecule has 1 aliphatic rings. The van der Waals surface area contributed by atoms with E-state index in [1.807, 2.05) is 47.7 Å². The Morgan fingerprint density at radius 2 is 1.88 bits per heavy atom. The second-order valence-corrected chi connectivity index (χ2v) is 9.18. The zero-order valence-electron chi connectivity index (χ0n) is 19.0. The highest BCUT2D eigenvalue weighted by atomic mass is 32.1. The predicted octanol–water partition coefficient (Wildman–Crippen LogP) is 4.66. The fourth-order valence-electron chi connectivity index (χ4n) is 4.29. The van der Waals surface area contributed by atoms with Crippen molar-refractivity contribution in [1.82, 2.24) is 14.3 Å². The molecule has 2 aromatic heterocycles. The molecule has 0 saturated carbocycles. The first kappa shape index (κ1) is 21.5. The van der Waals surface area contributed by atoms with Gasteiger partial charge in [-0.15, -0.1) is 11.3 Å². The van der Waals surface area contributed by atoms with Gasteiger partial charge in [-0.25, -0.2) is 4.98 Å². The molecule has 0 spiro atoms. The Morgan fingerprint density at radius 1 is 1.09 bits per heavy atom. The van der Waals surface area contributed by atoms with Crippen molar-refractivity contribution in [2.45, 2.75) is 20.3 Å². The number of ether oxygens (including phenoxy) is 1. The summed E-state index contributed by atoms with van der Waals surface area (Å²) in [6.07, 6.45) is 2.42. The Kier molecular flexibility index (Phi) is 6.05. The first-order chi connectivity index (χ1) is 16.1. The zero-order chi connectivity index (χ0) is 22.8. The minimum Gasteiger partial charge on any atom is -0.494 e. The van der Waals surface area contributed by atoms with Gasteiger partial charge in [0, 0.05) is 54.7 Å². The molecule has 0 atom stereocenters. The van der Waals surface area contributed by atoms with Crippen LogP contribution in [0.15, 0.2) is 60.1 Å². The highest BCUT2D eigenvalue weighted by Gasteiger charge is 2.23. The van der Waals surface area contributed by atoms with Gasteiger partial charge in [-0.2, -0.15) is 0 Å². The third kappa shape index (κ3) is 4.59. The number of aromatic nitrogens is 2. The number of imidazole rings is 1. The minimum absolute atomic E-state index is 0.176. The lowest BCUT2D eigenvalue weighted by Crippen LogP contribution is -2.49. The summed E-state index contributed by atoms with van der Waals surface area (Å²) in [6, 6.07) is 16.5. The molecule has 1 amide bonds. The molecule has 2 aromatic carbocycles. The van der Waals surface area contributed by atoms with Crippen molar-refractivity contribution in [3.8, 4) is 17.0 Å². The quantitative estimate of drug-likeness (QED) is 0.420. The number of anilines is 1. The van der Waals surface area contributed by atoms with Gasteiger partial charge in [-0.05, 0) is 55.8 Å². The fraction of sp³-hybridized carbons (Fsp3) is 0.308. The number of hydrogen-bond acceptors (Lipinski definition) is 5. The number of hydrogen-bond donors (Lipinski definition) is 0. The highest BCUT2D eigenvalue weighted by molar-refractivity contribution is 7.15. The van der Waals surface area contributed by atoms with E-state index in [9.17, 15) is 4.79 Å². The largest absolute Gasteiger partial charge is 0.494 e. The highest BCUT2D eigenvalue weighted by Crippen LogP contribution is 2.26. The molecule has 33 heavy (non-hydrogen) atoms. The van der Waals surface area contributed by atoms with Crippen molar-refractivity contribution < 1.29 is 9.53 Å². The van der Waals surface area contributed by atoms with Gasteiger partial charge in [-0.1, -0.05) is 12.1 Å². The molecule has 0 N–H and O–H groups in total.